The van der Waals surface area contributed by atoms with Gasteiger partial charge < -0.3 is 14.8 Å². The first-order valence-corrected chi connectivity index (χ1v) is 7.78. The molecule has 0 radical (unpaired) electrons. The molecule has 0 aliphatic heterocycles. The van der Waals surface area contributed by atoms with Crippen LogP contribution in [0.1, 0.15) is 38.7 Å². The Morgan fingerprint density at radius 2 is 2.05 bits per heavy atom. The molecule has 1 aliphatic carbocycles. The van der Waals surface area contributed by atoms with E-state index in [9.17, 15) is 10.0 Å². The molecule has 0 atom stereocenters. The summed E-state index contributed by atoms with van der Waals surface area (Å²) in [5.41, 5.74) is 1.55. The number of hydrogen-bond acceptors (Lipinski definition) is 4. The van der Waals surface area contributed by atoms with Crippen LogP contribution in [0.25, 0.3) is 0 Å². The predicted octanol–water partition coefficient (Wildman–Crippen LogP) is 1.39. The molecule has 0 unspecified atom stereocenters. The maximum absolute atomic E-state index is 9.34. The summed E-state index contributed by atoms with van der Waals surface area (Å²) in [5.74, 6) is 1.51. The highest BCUT2D eigenvalue weighted by Gasteiger charge is 2.29. The molecule has 5 heteroatoms. The average Bonchev–Trinajstić information content (AvgIpc) is 3.27. The molecule has 4 nitrogen and oxygen atoms in total. The Kier molecular flexibility index (Phi) is 5.68. The van der Waals surface area contributed by atoms with Crippen LogP contribution in [0.3, 0.4) is 0 Å². The minimum absolute atomic E-state index is 0.519. The van der Waals surface area contributed by atoms with Gasteiger partial charge in [-0.1, -0.05) is 26.0 Å². The molecule has 1 fully saturated rings. The van der Waals surface area contributed by atoms with Crippen LogP contribution in [-0.4, -0.2) is 41.8 Å². The number of nitrogens with zero attached hydrogens (tertiary/aromatic N) is 1. The zero-order chi connectivity index (χ0) is 15.4. The molecule has 1 aromatic carbocycles. The van der Waals surface area contributed by atoms with Crippen molar-refractivity contribution in [1.29, 1.82) is 0 Å². The van der Waals surface area contributed by atoms with E-state index in [-0.39, 0.29) is 0 Å². The minimum atomic E-state index is -1.43. The second-order valence-electron chi connectivity index (χ2n) is 6.33. The topological polar surface area (TPSA) is 52.9 Å². The quantitative estimate of drug-likeness (QED) is 0.711. The fourth-order valence-corrected chi connectivity index (χ4v) is 2.56. The third-order valence-electron chi connectivity index (χ3n) is 4.03. The molecule has 0 aromatic heterocycles. The number of methoxy groups -OCH3 is 1. The first kappa shape index (κ1) is 16.3. The van der Waals surface area contributed by atoms with Crippen LogP contribution in [0, 0.1) is 5.92 Å². The molecule has 1 aliphatic rings. The van der Waals surface area contributed by atoms with Gasteiger partial charge >= 0.3 is 7.12 Å². The first-order valence-electron chi connectivity index (χ1n) is 7.78. The number of hydrogen-bond donors (Lipinski definition) is 2. The fraction of sp³-hybridized carbons (Fsp3) is 0.625. The van der Waals surface area contributed by atoms with Gasteiger partial charge in [-0.15, -0.1) is 0 Å². The largest absolute Gasteiger partial charge is 0.496 e. The highest BCUT2D eigenvalue weighted by molar-refractivity contribution is 6.58. The van der Waals surface area contributed by atoms with Crippen molar-refractivity contribution in [3.8, 4) is 5.75 Å². The monoisotopic (exact) mass is 291 g/mol. The number of rotatable bonds is 8. The maximum Gasteiger partial charge on any atom is 0.488 e. The highest BCUT2D eigenvalue weighted by Crippen LogP contribution is 2.30. The van der Waals surface area contributed by atoms with Gasteiger partial charge in [0.1, 0.15) is 5.75 Å². The zero-order valence-electron chi connectivity index (χ0n) is 13.2. The van der Waals surface area contributed by atoms with Crippen LogP contribution in [0.5, 0.6) is 5.75 Å². The van der Waals surface area contributed by atoms with Crippen LogP contribution in [-0.2, 0) is 6.54 Å². The van der Waals surface area contributed by atoms with Gasteiger partial charge in [0, 0.05) is 18.2 Å². The molecule has 0 bridgehead atoms. The van der Waals surface area contributed by atoms with Crippen molar-refractivity contribution in [2.45, 2.75) is 45.7 Å². The van der Waals surface area contributed by atoms with Crippen LogP contribution >= 0.6 is 0 Å². The number of ether oxygens (including phenoxy) is 1. The van der Waals surface area contributed by atoms with E-state index in [1.165, 1.54) is 19.3 Å². The molecule has 0 spiro atoms. The predicted molar refractivity (Wildman–Crippen MR) is 85.7 cm³/mol. The van der Waals surface area contributed by atoms with E-state index in [4.69, 9.17) is 4.74 Å². The molecule has 0 heterocycles. The van der Waals surface area contributed by atoms with Crippen LogP contribution in [0.4, 0.5) is 0 Å². The van der Waals surface area contributed by atoms with Gasteiger partial charge in [-0.05, 0) is 43.3 Å². The van der Waals surface area contributed by atoms with Gasteiger partial charge in [-0.3, -0.25) is 4.90 Å². The van der Waals surface area contributed by atoms with E-state index in [1.807, 2.05) is 12.1 Å². The van der Waals surface area contributed by atoms with Crippen molar-refractivity contribution in [3.05, 3.63) is 23.8 Å². The lowest BCUT2D eigenvalue weighted by molar-refractivity contribution is 0.236. The summed E-state index contributed by atoms with van der Waals surface area (Å²) in [7, 11) is 0.225. The standard InChI is InChI=1S/C16H26BNO3/c1-12(2)8-9-18(15-5-6-15)11-13-10-14(17(19)20)4-7-16(13)21-3/h4,7,10,12,15,19-20H,5-6,8-9,11H2,1-3H3. The Bertz CT molecular complexity index is 461. The smallest absolute Gasteiger partial charge is 0.488 e. The molecular formula is C16H26BNO3. The minimum Gasteiger partial charge on any atom is -0.496 e. The highest BCUT2D eigenvalue weighted by atomic mass is 16.5. The van der Waals surface area contributed by atoms with E-state index in [2.05, 4.69) is 18.7 Å². The number of benzene rings is 1. The average molecular weight is 291 g/mol. The third kappa shape index (κ3) is 4.73. The molecule has 2 rings (SSSR count). The van der Waals surface area contributed by atoms with Crippen molar-refractivity contribution in [2.24, 2.45) is 5.92 Å². The van der Waals surface area contributed by atoms with Crippen LogP contribution in [0.15, 0.2) is 18.2 Å². The van der Waals surface area contributed by atoms with Crippen molar-refractivity contribution in [1.82, 2.24) is 4.90 Å². The van der Waals surface area contributed by atoms with Gasteiger partial charge in [-0.2, -0.15) is 0 Å². The summed E-state index contributed by atoms with van der Waals surface area (Å²) >= 11 is 0. The second kappa shape index (κ2) is 7.30. The van der Waals surface area contributed by atoms with E-state index in [0.29, 0.717) is 17.4 Å². The zero-order valence-corrected chi connectivity index (χ0v) is 13.2. The summed E-state index contributed by atoms with van der Waals surface area (Å²) in [6, 6.07) is 6.03. The van der Waals surface area contributed by atoms with Gasteiger partial charge in [0.05, 0.1) is 7.11 Å². The SMILES string of the molecule is COc1ccc(B(O)O)cc1CN(CCC(C)C)C1CC1. The molecule has 0 saturated heterocycles. The molecule has 2 N–H and O–H groups in total. The lowest BCUT2D eigenvalue weighted by Gasteiger charge is -2.24. The lowest BCUT2D eigenvalue weighted by Crippen LogP contribution is -2.32. The van der Waals surface area contributed by atoms with Crippen molar-refractivity contribution < 1.29 is 14.8 Å². The summed E-state index contributed by atoms with van der Waals surface area (Å²) in [6.07, 6.45) is 3.71. The maximum atomic E-state index is 9.34. The Hall–Kier alpha value is -1.04. The van der Waals surface area contributed by atoms with Gasteiger partial charge in [0.15, 0.2) is 0 Å². The third-order valence-corrected chi connectivity index (χ3v) is 4.03. The van der Waals surface area contributed by atoms with Crippen molar-refractivity contribution in [2.75, 3.05) is 13.7 Å². The first-order chi connectivity index (χ1) is 10.0. The van der Waals surface area contributed by atoms with Crippen molar-refractivity contribution in [3.63, 3.8) is 0 Å². The van der Waals surface area contributed by atoms with E-state index >= 15 is 0 Å². The van der Waals surface area contributed by atoms with E-state index in [0.717, 1.165) is 24.4 Å². The van der Waals surface area contributed by atoms with Crippen LogP contribution in [0.2, 0.25) is 0 Å². The molecule has 116 valence electrons. The Morgan fingerprint density at radius 3 is 2.57 bits per heavy atom. The van der Waals surface area contributed by atoms with Crippen LogP contribution < -0.4 is 10.2 Å². The molecule has 1 saturated carbocycles. The molecular weight excluding hydrogens is 265 g/mol. The summed E-state index contributed by atoms with van der Waals surface area (Å²) in [5, 5.41) is 18.7. The van der Waals surface area contributed by atoms with Gasteiger partial charge in [0.2, 0.25) is 0 Å². The van der Waals surface area contributed by atoms with E-state index < -0.39 is 7.12 Å². The molecule has 1 aromatic rings. The molecule has 21 heavy (non-hydrogen) atoms. The summed E-state index contributed by atoms with van der Waals surface area (Å²) in [6.45, 7) is 6.38. The Balaban J connectivity index is 2.12. The Labute approximate surface area is 127 Å². The fourth-order valence-electron chi connectivity index (χ4n) is 2.56. The normalized spacial score (nSPS) is 14.8. The van der Waals surface area contributed by atoms with Gasteiger partial charge in [-0.25, -0.2) is 0 Å². The van der Waals surface area contributed by atoms with E-state index in [1.54, 1.807) is 13.2 Å². The summed E-state index contributed by atoms with van der Waals surface area (Å²) in [4.78, 5) is 2.49. The Morgan fingerprint density at radius 1 is 1.33 bits per heavy atom. The molecule has 0 amide bonds. The lowest BCUT2D eigenvalue weighted by atomic mass is 9.79. The van der Waals surface area contributed by atoms with Crippen molar-refractivity contribution >= 4 is 12.6 Å². The summed E-state index contributed by atoms with van der Waals surface area (Å²) < 4.78 is 5.42. The van der Waals surface area contributed by atoms with Gasteiger partial charge in [0.25, 0.3) is 0 Å². The second-order valence-corrected chi connectivity index (χ2v) is 6.33.